The lowest BCUT2D eigenvalue weighted by Crippen LogP contribution is -2.29. The van der Waals surface area contributed by atoms with Crippen LogP contribution in [0.3, 0.4) is 0 Å². The molecule has 4 amide bonds. The van der Waals surface area contributed by atoms with Crippen LogP contribution in [0.15, 0.2) is 91.0 Å². The number of hydrogen-bond acceptors (Lipinski definition) is 4. The van der Waals surface area contributed by atoms with E-state index in [-0.39, 0.29) is 28.3 Å². The average Bonchev–Trinajstić information content (AvgIpc) is 3.15. The second kappa shape index (κ2) is 10.4. The van der Waals surface area contributed by atoms with Crippen molar-refractivity contribution < 1.29 is 19.2 Å². The molecule has 0 aliphatic carbocycles. The van der Waals surface area contributed by atoms with Gasteiger partial charge in [0.2, 0.25) is 0 Å². The second-order valence-corrected chi connectivity index (χ2v) is 10.7. The van der Waals surface area contributed by atoms with Crippen molar-refractivity contribution in [3.8, 4) is 0 Å². The first kappa shape index (κ1) is 25.1. The van der Waals surface area contributed by atoms with Crippen molar-refractivity contribution in [3.05, 3.63) is 120 Å². The van der Waals surface area contributed by atoms with Crippen LogP contribution in [0.5, 0.6) is 0 Å². The summed E-state index contributed by atoms with van der Waals surface area (Å²) >= 11 is 4.35. The fraction of sp³-hybridized carbons (Fsp3) is 0. The Kier molecular flexibility index (Phi) is 7.07. The third-order valence-corrected chi connectivity index (χ3v) is 7.16. The van der Waals surface area contributed by atoms with Crippen LogP contribution in [-0.4, -0.2) is 23.6 Å². The molecule has 9 heteroatoms. The molecule has 0 radical (unpaired) electrons. The van der Waals surface area contributed by atoms with E-state index >= 15 is 0 Å². The number of fused-ring (bicyclic) bond motifs is 1. The molecule has 1 aliphatic rings. The van der Waals surface area contributed by atoms with Gasteiger partial charge in [0.05, 0.1) is 16.8 Å². The molecule has 0 aromatic heterocycles. The first-order valence-electron chi connectivity index (χ1n) is 11.1. The van der Waals surface area contributed by atoms with Gasteiger partial charge in [0.1, 0.15) is 0 Å². The number of hydrogen-bond donors (Lipinski definition) is 2. The number of rotatable bonds is 5. The number of benzene rings is 4. The monoisotopic (exact) mass is 713 g/mol. The smallest absolute Gasteiger partial charge is 0.266 e. The highest BCUT2D eigenvalue weighted by molar-refractivity contribution is 14.1. The van der Waals surface area contributed by atoms with Gasteiger partial charge < -0.3 is 10.6 Å². The van der Waals surface area contributed by atoms with Gasteiger partial charge in [-0.15, -0.1) is 0 Å². The number of nitrogens with one attached hydrogen (secondary N) is 2. The topological polar surface area (TPSA) is 95.6 Å². The maximum atomic E-state index is 13.3. The maximum Gasteiger partial charge on any atom is 0.266 e. The van der Waals surface area contributed by atoms with Gasteiger partial charge in [-0.25, -0.2) is 4.90 Å². The number of anilines is 3. The van der Waals surface area contributed by atoms with E-state index in [0.29, 0.717) is 16.9 Å². The molecule has 0 saturated carbocycles. The summed E-state index contributed by atoms with van der Waals surface area (Å²) in [4.78, 5) is 52.9. The number of nitrogens with zero attached hydrogens (tertiary/aromatic N) is 1. The second-order valence-electron chi connectivity index (χ2n) is 8.18. The molecule has 0 atom stereocenters. The van der Waals surface area contributed by atoms with E-state index in [0.717, 1.165) is 12.0 Å². The average molecular weight is 713 g/mol. The molecule has 0 spiro atoms. The van der Waals surface area contributed by atoms with Gasteiger partial charge in [-0.3, -0.25) is 19.2 Å². The lowest BCUT2D eigenvalue weighted by Gasteiger charge is -2.15. The molecule has 1 aliphatic heterocycles. The summed E-state index contributed by atoms with van der Waals surface area (Å²) in [6.07, 6.45) is 0. The molecule has 2 N–H and O–H groups in total. The summed E-state index contributed by atoms with van der Waals surface area (Å²) in [6.45, 7) is 0. The van der Waals surface area contributed by atoms with Gasteiger partial charge in [0.15, 0.2) is 0 Å². The van der Waals surface area contributed by atoms with Crippen LogP contribution >= 0.6 is 45.2 Å². The Bertz CT molecular complexity index is 1570. The van der Waals surface area contributed by atoms with Gasteiger partial charge in [-0.2, -0.15) is 0 Å². The van der Waals surface area contributed by atoms with Crippen molar-refractivity contribution in [2.75, 3.05) is 15.5 Å². The zero-order valence-electron chi connectivity index (χ0n) is 19.0. The zero-order valence-corrected chi connectivity index (χ0v) is 23.3. The lowest BCUT2D eigenvalue weighted by atomic mass is 10.1. The largest absolute Gasteiger partial charge is 0.322 e. The molecule has 0 saturated heterocycles. The Morgan fingerprint density at radius 1 is 0.595 bits per heavy atom. The van der Waals surface area contributed by atoms with Crippen LogP contribution in [0.25, 0.3) is 0 Å². The fourth-order valence-electron chi connectivity index (χ4n) is 3.88. The van der Waals surface area contributed by atoms with Gasteiger partial charge in [-0.1, -0.05) is 6.07 Å². The molecular weight excluding hydrogens is 696 g/mol. The highest BCUT2D eigenvalue weighted by Gasteiger charge is 2.37. The number of carbonyl (C=O) groups excluding carboxylic acids is 4. The fourth-order valence-corrected chi connectivity index (χ4v) is 4.59. The zero-order chi connectivity index (χ0) is 26.1. The predicted octanol–water partition coefficient (Wildman–Crippen LogP) is 6.20. The van der Waals surface area contributed by atoms with Crippen molar-refractivity contribution in [2.45, 2.75) is 0 Å². The van der Waals surface area contributed by atoms with Gasteiger partial charge >= 0.3 is 0 Å². The molecule has 7 nitrogen and oxygen atoms in total. The minimum atomic E-state index is -0.556. The van der Waals surface area contributed by atoms with E-state index in [1.807, 2.05) is 24.3 Å². The molecule has 1 heterocycles. The van der Waals surface area contributed by atoms with Crippen LogP contribution in [-0.2, 0) is 0 Å². The molecule has 37 heavy (non-hydrogen) atoms. The van der Waals surface area contributed by atoms with Crippen LogP contribution in [0.2, 0.25) is 0 Å². The standard InChI is InChI=1S/C28H17I2N3O4/c29-18-5-9-20(10-6-18)31-25(34)16-2-1-3-22(14-16)33-27(36)23-13-4-17(15-24(23)28(33)37)26(35)32-21-11-7-19(30)8-12-21/h1-15H,(H,31,34)(H,32,35). The molecule has 182 valence electrons. The summed E-state index contributed by atoms with van der Waals surface area (Å²) in [5.41, 5.74) is 2.41. The SMILES string of the molecule is O=C(Nc1ccc(I)cc1)c1cccc(N2C(=O)c3ccc(C(=O)Nc4ccc(I)cc4)cc3C2=O)c1. The predicted molar refractivity (Wildman–Crippen MR) is 158 cm³/mol. The summed E-state index contributed by atoms with van der Waals surface area (Å²) in [5.74, 6) is -1.83. The summed E-state index contributed by atoms with van der Waals surface area (Å²) in [7, 11) is 0. The normalized spacial score (nSPS) is 12.3. The lowest BCUT2D eigenvalue weighted by molar-refractivity contribution is 0.0923. The minimum Gasteiger partial charge on any atom is -0.322 e. The highest BCUT2D eigenvalue weighted by Crippen LogP contribution is 2.30. The van der Waals surface area contributed by atoms with Crippen molar-refractivity contribution in [1.82, 2.24) is 0 Å². The van der Waals surface area contributed by atoms with Crippen molar-refractivity contribution >= 4 is 85.9 Å². The minimum absolute atomic E-state index is 0.133. The van der Waals surface area contributed by atoms with E-state index in [1.54, 1.807) is 42.5 Å². The van der Waals surface area contributed by atoms with Crippen molar-refractivity contribution in [3.63, 3.8) is 0 Å². The molecule has 0 fully saturated rings. The molecule has 4 aromatic carbocycles. The molecule has 4 aromatic rings. The number of amides is 4. The van der Waals surface area contributed by atoms with Gasteiger partial charge in [-0.05, 0) is 130 Å². The Labute approximate surface area is 239 Å². The third-order valence-electron chi connectivity index (χ3n) is 5.72. The van der Waals surface area contributed by atoms with E-state index < -0.39 is 17.7 Å². The van der Waals surface area contributed by atoms with Crippen molar-refractivity contribution in [1.29, 1.82) is 0 Å². The number of imide groups is 1. The Hall–Kier alpha value is -3.58. The number of carbonyl (C=O) groups is 4. The summed E-state index contributed by atoms with van der Waals surface area (Å²) < 4.78 is 2.08. The van der Waals surface area contributed by atoms with Crippen LogP contribution in [0, 0.1) is 7.14 Å². The maximum absolute atomic E-state index is 13.3. The molecule has 0 unspecified atom stereocenters. The van der Waals surface area contributed by atoms with Gasteiger partial charge in [0.25, 0.3) is 23.6 Å². The molecular formula is C28H17I2N3O4. The van der Waals surface area contributed by atoms with E-state index in [4.69, 9.17) is 0 Å². The van der Waals surface area contributed by atoms with Crippen LogP contribution < -0.4 is 15.5 Å². The van der Waals surface area contributed by atoms with E-state index in [9.17, 15) is 19.2 Å². The van der Waals surface area contributed by atoms with E-state index in [2.05, 4.69) is 55.8 Å². The quantitative estimate of drug-likeness (QED) is 0.190. The summed E-state index contributed by atoms with van der Waals surface area (Å²) in [5, 5.41) is 5.60. The Morgan fingerprint density at radius 2 is 1.11 bits per heavy atom. The van der Waals surface area contributed by atoms with E-state index in [1.165, 1.54) is 24.3 Å². The molecule has 0 bridgehead atoms. The molecule has 5 rings (SSSR count). The summed E-state index contributed by atoms with van der Waals surface area (Å²) in [6, 6.07) is 25.4. The first-order valence-corrected chi connectivity index (χ1v) is 13.2. The van der Waals surface area contributed by atoms with Crippen LogP contribution in [0.1, 0.15) is 41.4 Å². The van der Waals surface area contributed by atoms with Crippen LogP contribution in [0.4, 0.5) is 17.1 Å². The Morgan fingerprint density at radius 3 is 1.68 bits per heavy atom. The Balaban J connectivity index is 1.37. The van der Waals surface area contributed by atoms with Crippen molar-refractivity contribution in [2.24, 2.45) is 0 Å². The van der Waals surface area contributed by atoms with Gasteiger partial charge in [0, 0.05) is 29.6 Å². The number of halogens is 2. The third kappa shape index (κ3) is 5.27. The highest BCUT2D eigenvalue weighted by atomic mass is 127. The first-order chi connectivity index (χ1) is 17.8.